The molecule has 0 aliphatic heterocycles. The van der Waals surface area contributed by atoms with Crippen molar-refractivity contribution in [2.45, 2.75) is 20.8 Å². The number of hydrogen-bond donors (Lipinski definition) is 1. The smallest absolute Gasteiger partial charge is 0.257 e. The molecule has 1 amide bonds. The van der Waals surface area contributed by atoms with Crippen LogP contribution in [0.4, 0.5) is 11.5 Å². The van der Waals surface area contributed by atoms with Crippen LogP contribution in [0, 0.1) is 20.8 Å². The van der Waals surface area contributed by atoms with E-state index in [0.29, 0.717) is 5.56 Å². The van der Waals surface area contributed by atoms with Gasteiger partial charge in [-0.1, -0.05) is 17.7 Å². The van der Waals surface area contributed by atoms with Gasteiger partial charge >= 0.3 is 0 Å². The van der Waals surface area contributed by atoms with Crippen molar-refractivity contribution in [1.29, 1.82) is 0 Å². The Morgan fingerprint density at radius 1 is 1.10 bits per heavy atom. The second kappa shape index (κ2) is 5.95. The van der Waals surface area contributed by atoms with E-state index in [1.54, 1.807) is 12.3 Å². The van der Waals surface area contributed by atoms with Crippen LogP contribution in [0.5, 0.6) is 0 Å². The number of hydrogen-bond acceptors (Lipinski definition) is 3. The van der Waals surface area contributed by atoms with Gasteiger partial charge in [0.25, 0.3) is 5.91 Å². The summed E-state index contributed by atoms with van der Waals surface area (Å²) in [4.78, 5) is 18.5. The fourth-order valence-corrected chi connectivity index (χ4v) is 2.35. The number of amides is 1. The SMILES string of the molecule is Cc1cc(C)c(NC(=O)c2ccc(N(C)C)nc2)c(C)c1. The van der Waals surface area contributed by atoms with Crippen molar-refractivity contribution >= 4 is 17.4 Å². The van der Waals surface area contributed by atoms with E-state index in [9.17, 15) is 4.79 Å². The number of rotatable bonds is 3. The molecule has 0 aliphatic carbocycles. The Morgan fingerprint density at radius 2 is 1.71 bits per heavy atom. The van der Waals surface area contributed by atoms with Crippen LogP contribution in [0.3, 0.4) is 0 Å². The number of anilines is 2. The standard InChI is InChI=1S/C17H21N3O/c1-11-8-12(2)16(13(3)9-11)19-17(21)14-6-7-15(18-10-14)20(4)5/h6-10H,1-5H3,(H,19,21). The molecule has 0 spiro atoms. The zero-order valence-electron chi connectivity index (χ0n) is 13.2. The Bertz CT molecular complexity index is 637. The lowest BCUT2D eigenvalue weighted by atomic mass is 10.0. The van der Waals surface area contributed by atoms with Crippen molar-refractivity contribution in [3.05, 3.63) is 52.7 Å². The van der Waals surface area contributed by atoms with Gasteiger partial charge < -0.3 is 10.2 Å². The molecule has 1 aromatic carbocycles. The second-order valence-corrected chi connectivity index (χ2v) is 5.53. The Balaban J connectivity index is 2.22. The number of benzene rings is 1. The molecule has 0 aliphatic rings. The highest BCUT2D eigenvalue weighted by Crippen LogP contribution is 2.22. The number of nitrogens with one attached hydrogen (secondary N) is 1. The van der Waals surface area contributed by atoms with Gasteiger partial charge in [0, 0.05) is 26.0 Å². The molecule has 0 bridgehead atoms. The molecule has 2 aromatic rings. The average molecular weight is 283 g/mol. The summed E-state index contributed by atoms with van der Waals surface area (Å²) in [6.45, 7) is 6.06. The van der Waals surface area contributed by atoms with E-state index in [1.165, 1.54) is 5.56 Å². The predicted octanol–water partition coefficient (Wildman–Crippen LogP) is 3.33. The minimum Gasteiger partial charge on any atom is -0.363 e. The van der Waals surface area contributed by atoms with E-state index < -0.39 is 0 Å². The van der Waals surface area contributed by atoms with Crippen LogP contribution in [0.1, 0.15) is 27.0 Å². The van der Waals surface area contributed by atoms with E-state index >= 15 is 0 Å². The van der Waals surface area contributed by atoms with Crippen molar-refractivity contribution in [2.24, 2.45) is 0 Å². The van der Waals surface area contributed by atoms with Gasteiger partial charge in [0.1, 0.15) is 5.82 Å². The molecule has 21 heavy (non-hydrogen) atoms. The van der Waals surface area contributed by atoms with Crippen molar-refractivity contribution in [1.82, 2.24) is 4.98 Å². The van der Waals surface area contributed by atoms with Gasteiger partial charge in [-0.25, -0.2) is 4.98 Å². The van der Waals surface area contributed by atoms with Gasteiger partial charge in [0.15, 0.2) is 0 Å². The Morgan fingerprint density at radius 3 is 2.19 bits per heavy atom. The highest BCUT2D eigenvalue weighted by molar-refractivity contribution is 6.05. The van der Waals surface area contributed by atoms with E-state index in [-0.39, 0.29) is 5.91 Å². The number of nitrogens with zero attached hydrogens (tertiary/aromatic N) is 2. The van der Waals surface area contributed by atoms with Crippen molar-refractivity contribution in [3.8, 4) is 0 Å². The molecule has 0 saturated carbocycles. The number of carbonyl (C=O) groups is 1. The molecule has 0 atom stereocenters. The summed E-state index contributed by atoms with van der Waals surface area (Å²) < 4.78 is 0. The predicted molar refractivity (Wildman–Crippen MR) is 87.2 cm³/mol. The molecule has 0 saturated heterocycles. The monoisotopic (exact) mass is 283 g/mol. The second-order valence-electron chi connectivity index (χ2n) is 5.53. The summed E-state index contributed by atoms with van der Waals surface area (Å²) in [5, 5.41) is 2.98. The van der Waals surface area contributed by atoms with Gasteiger partial charge in [0.2, 0.25) is 0 Å². The lowest BCUT2D eigenvalue weighted by Gasteiger charge is -2.14. The summed E-state index contributed by atoms with van der Waals surface area (Å²) in [5.41, 5.74) is 4.76. The highest BCUT2D eigenvalue weighted by Gasteiger charge is 2.11. The first kappa shape index (κ1) is 15.0. The quantitative estimate of drug-likeness (QED) is 0.939. The minimum atomic E-state index is -0.136. The van der Waals surface area contributed by atoms with Gasteiger partial charge in [-0.2, -0.15) is 0 Å². The van der Waals surface area contributed by atoms with Crippen LogP contribution >= 0.6 is 0 Å². The summed E-state index contributed by atoms with van der Waals surface area (Å²) in [6.07, 6.45) is 1.60. The summed E-state index contributed by atoms with van der Waals surface area (Å²) in [5.74, 6) is 0.692. The van der Waals surface area contributed by atoms with Crippen LogP contribution in [0.15, 0.2) is 30.5 Å². The van der Waals surface area contributed by atoms with Crippen LogP contribution in [-0.2, 0) is 0 Å². The van der Waals surface area contributed by atoms with Crippen molar-refractivity contribution < 1.29 is 4.79 Å². The summed E-state index contributed by atoms with van der Waals surface area (Å²) in [6, 6.07) is 7.76. The largest absolute Gasteiger partial charge is 0.363 e. The molecule has 1 N–H and O–H groups in total. The fraction of sp³-hybridized carbons (Fsp3) is 0.294. The first-order valence-corrected chi connectivity index (χ1v) is 6.91. The van der Waals surface area contributed by atoms with E-state index in [2.05, 4.69) is 29.4 Å². The van der Waals surface area contributed by atoms with Crippen LogP contribution in [0.2, 0.25) is 0 Å². The topological polar surface area (TPSA) is 45.2 Å². The van der Waals surface area contributed by atoms with Crippen LogP contribution < -0.4 is 10.2 Å². The van der Waals surface area contributed by atoms with E-state index in [4.69, 9.17) is 0 Å². The Kier molecular flexibility index (Phi) is 4.26. The molecule has 0 unspecified atom stereocenters. The first-order valence-electron chi connectivity index (χ1n) is 6.91. The molecule has 1 aromatic heterocycles. The lowest BCUT2D eigenvalue weighted by Crippen LogP contribution is -2.15. The first-order chi connectivity index (χ1) is 9.88. The maximum absolute atomic E-state index is 12.3. The average Bonchev–Trinajstić information content (AvgIpc) is 2.42. The molecule has 2 rings (SSSR count). The molecular weight excluding hydrogens is 262 g/mol. The lowest BCUT2D eigenvalue weighted by molar-refractivity contribution is 0.102. The molecule has 4 heteroatoms. The number of pyridine rings is 1. The maximum atomic E-state index is 12.3. The number of aromatic nitrogens is 1. The van der Waals surface area contributed by atoms with Gasteiger partial charge in [-0.05, 0) is 44.0 Å². The minimum absolute atomic E-state index is 0.136. The Hall–Kier alpha value is -2.36. The van der Waals surface area contributed by atoms with Crippen LogP contribution in [-0.4, -0.2) is 25.0 Å². The summed E-state index contributed by atoms with van der Waals surface area (Å²) >= 11 is 0. The molecule has 110 valence electrons. The summed E-state index contributed by atoms with van der Waals surface area (Å²) in [7, 11) is 3.84. The van der Waals surface area contributed by atoms with Gasteiger partial charge in [-0.3, -0.25) is 4.79 Å². The third-order valence-corrected chi connectivity index (χ3v) is 3.38. The molecular formula is C17H21N3O. The normalized spacial score (nSPS) is 10.3. The molecule has 4 nitrogen and oxygen atoms in total. The maximum Gasteiger partial charge on any atom is 0.257 e. The van der Waals surface area contributed by atoms with Crippen LogP contribution in [0.25, 0.3) is 0 Å². The third kappa shape index (κ3) is 3.40. The van der Waals surface area contributed by atoms with E-state index in [1.807, 2.05) is 38.9 Å². The van der Waals surface area contributed by atoms with Crippen molar-refractivity contribution in [3.63, 3.8) is 0 Å². The number of aryl methyl sites for hydroxylation is 3. The fourth-order valence-electron chi connectivity index (χ4n) is 2.35. The Labute approximate surface area is 125 Å². The van der Waals surface area contributed by atoms with Gasteiger partial charge in [-0.15, -0.1) is 0 Å². The van der Waals surface area contributed by atoms with E-state index in [0.717, 1.165) is 22.6 Å². The third-order valence-electron chi connectivity index (χ3n) is 3.38. The number of carbonyl (C=O) groups excluding carboxylic acids is 1. The zero-order valence-corrected chi connectivity index (χ0v) is 13.2. The molecule has 0 fully saturated rings. The molecule has 1 heterocycles. The van der Waals surface area contributed by atoms with Gasteiger partial charge in [0.05, 0.1) is 5.56 Å². The highest BCUT2D eigenvalue weighted by atomic mass is 16.1. The van der Waals surface area contributed by atoms with Crippen molar-refractivity contribution in [2.75, 3.05) is 24.3 Å². The molecule has 0 radical (unpaired) electrons. The zero-order chi connectivity index (χ0) is 15.6.